The SMILES string of the molecule is CCc1sc2ncnc(SCCF)c2c1-c1ccc(C)c(C)c1. The summed E-state index contributed by atoms with van der Waals surface area (Å²) in [7, 11) is 0. The molecule has 2 aromatic heterocycles. The molecule has 3 rings (SSSR count). The van der Waals surface area contributed by atoms with Crippen LogP contribution in [0.5, 0.6) is 0 Å². The molecule has 0 saturated heterocycles. The standard InChI is InChI=1S/C18H19FN2S2/c1-4-14-15(13-6-5-11(2)12(3)9-13)16-17(22-8-7-19)20-10-21-18(16)23-14/h5-6,9-10H,4,7-8H2,1-3H3. The lowest BCUT2D eigenvalue weighted by Gasteiger charge is -2.09. The Morgan fingerprint density at radius 1 is 1.17 bits per heavy atom. The number of alkyl halides is 1. The summed E-state index contributed by atoms with van der Waals surface area (Å²) >= 11 is 3.19. The lowest BCUT2D eigenvalue weighted by Crippen LogP contribution is -1.90. The van der Waals surface area contributed by atoms with Crippen molar-refractivity contribution in [3.8, 4) is 11.1 Å². The minimum absolute atomic E-state index is 0.347. The lowest BCUT2D eigenvalue weighted by atomic mass is 9.98. The average molecular weight is 346 g/mol. The molecule has 0 spiro atoms. The predicted molar refractivity (Wildman–Crippen MR) is 98.4 cm³/mol. The number of thioether (sulfide) groups is 1. The highest BCUT2D eigenvalue weighted by molar-refractivity contribution is 7.99. The van der Waals surface area contributed by atoms with Crippen LogP contribution in [0.4, 0.5) is 4.39 Å². The van der Waals surface area contributed by atoms with E-state index in [9.17, 15) is 4.39 Å². The molecular formula is C18H19FN2S2. The highest BCUT2D eigenvalue weighted by Gasteiger charge is 2.18. The molecule has 0 N–H and O–H groups in total. The molecule has 2 heterocycles. The molecule has 0 aliphatic rings. The largest absolute Gasteiger partial charge is 0.250 e. The molecular weight excluding hydrogens is 327 g/mol. The van der Waals surface area contributed by atoms with E-state index in [4.69, 9.17) is 0 Å². The molecule has 0 fully saturated rings. The predicted octanol–water partition coefficient (Wildman–Crippen LogP) is 5.60. The Kier molecular flexibility index (Phi) is 4.97. The van der Waals surface area contributed by atoms with Crippen LogP contribution in [0.3, 0.4) is 0 Å². The zero-order chi connectivity index (χ0) is 16.4. The van der Waals surface area contributed by atoms with Crippen molar-refractivity contribution in [2.24, 2.45) is 0 Å². The molecule has 0 bridgehead atoms. The van der Waals surface area contributed by atoms with Crippen molar-refractivity contribution in [2.75, 3.05) is 12.4 Å². The zero-order valence-corrected chi connectivity index (χ0v) is 15.2. The van der Waals surface area contributed by atoms with Crippen LogP contribution in [0.2, 0.25) is 0 Å². The third-order valence-electron chi connectivity index (χ3n) is 3.96. The number of aryl methyl sites for hydroxylation is 3. The van der Waals surface area contributed by atoms with Gasteiger partial charge in [0.1, 0.15) is 16.2 Å². The van der Waals surface area contributed by atoms with Crippen LogP contribution >= 0.6 is 23.1 Å². The molecule has 0 radical (unpaired) electrons. The van der Waals surface area contributed by atoms with E-state index in [1.165, 1.54) is 38.9 Å². The molecule has 120 valence electrons. The smallest absolute Gasteiger partial charge is 0.128 e. The molecule has 0 amide bonds. The Morgan fingerprint density at radius 2 is 2.00 bits per heavy atom. The van der Waals surface area contributed by atoms with Gasteiger partial charge >= 0.3 is 0 Å². The maximum Gasteiger partial charge on any atom is 0.128 e. The summed E-state index contributed by atoms with van der Waals surface area (Å²) in [4.78, 5) is 11.2. The van der Waals surface area contributed by atoms with Gasteiger partial charge in [-0.15, -0.1) is 23.1 Å². The number of thiophene rings is 1. The Hall–Kier alpha value is -1.46. The summed E-state index contributed by atoms with van der Waals surface area (Å²) in [5.41, 5.74) is 4.99. The summed E-state index contributed by atoms with van der Waals surface area (Å²) in [6, 6.07) is 6.55. The second-order valence-electron chi connectivity index (χ2n) is 5.45. The maximum atomic E-state index is 12.6. The number of aromatic nitrogens is 2. The van der Waals surface area contributed by atoms with Gasteiger partial charge in [-0.1, -0.05) is 25.1 Å². The van der Waals surface area contributed by atoms with E-state index in [-0.39, 0.29) is 6.67 Å². The van der Waals surface area contributed by atoms with Gasteiger partial charge in [0, 0.05) is 16.2 Å². The number of benzene rings is 1. The minimum atomic E-state index is -0.347. The molecule has 3 aromatic rings. The van der Waals surface area contributed by atoms with E-state index >= 15 is 0 Å². The van der Waals surface area contributed by atoms with Crippen LogP contribution in [0, 0.1) is 13.8 Å². The lowest BCUT2D eigenvalue weighted by molar-refractivity contribution is 0.532. The highest BCUT2D eigenvalue weighted by atomic mass is 32.2. The van der Waals surface area contributed by atoms with Crippen molar-refractivity contribution in [3.63, 3.8) is 0 Å². The van der Waals surface area contributed by atoms with E-state index in [1.807, 2.05) is 0 Å². The molecule has 0 unspecified atom stereocenters. The van der Waals surface area contributed by atoms with E-state index in [0.717, 1.165) is 21.7 Å². The second-order valence-corrected chi connectivity index (χ2v) is 7.62. The van der Waals surface area contributed by atoms with Crippen molar-refractivity contribution in [1.29, 1.82) is 0 Å². The quantitative estimate of drug-likeness (QED) is 0.444. The Balaban J connectivity index is 2.26. The van der Waals surface area contributed by atoms with Crippen LogP contribution in [-0.2, 0) is 6.42 Å². The molecule has 0 saturated carbocycles. The first-order valence-corrected chi connectivity index (χ1v) is 9.48. The number of nitrogens with zero attached hydrogens (tertiary/aromatic N) is 2. The number of hydrogen-bond donors (Lipinski definition) is 0. The average Bonchev–Trinajstić information content (AvgIpc) is 2.94. The molecule has 0 atom stereocenters. The van der Waals surface area contributed by atoms with Gasteiger partial charge in [-0.25, -0.2) is 9.97 Å². The first-order chi connectivity index (χ1) is 11.2. The molecule has 2 nitrogen and oxygen atoms in total. The third-order valence-corrected chi connectivity index (χ3v) is 6.14. The normalized spacial score (nSPS) is 11.3. The van der Waals surface area contributed by atoms with Crippen LogP contribution in [0.25, 0.3) is 21.3 Å². The van der Waals surface area contributed by atoms with Gasteiger partial charge < -0.3 is 0 Å². The molecule has 5 heteroatoms. The fourth-order valence-corrected chi connectivity index (χ4v) is 4.55. The van der Waals surface area contributed by atoms with E-state index in [1.54, 1.807) is 17.7 Å². The van der Waals surface area contributed by atoms with Gasteiger partial charge in [-0.05, 0) is 37.0 Å². The fourth-order valence-electron chi connectivity index (χ4n) is 2.65. The summed E-state index contributed by atoms with van der Waals surface area (Å²) < 4.78 is 12.6. The van der Waals surface area contributed by atoms with Gasteiger partial charge in [0.05, 0.1) is 12.1 Å². The van der Waals surface area contributed by atoms with Crippen molar-refractivity contribution < 1.29 is 4.39 Å². The third kappa shape index (κ3) is 3.12. The van der Waals surface area contributed by atoms with Crippen LogP contribution in [-0.4, -0.2) is 22.4 Å². The molecule has 23 heavy (non-hydrogen) atoms. The Labute approximate surface area is 144 Å². The molecule has 1 aromatic carbocycles. The van der Waals surface area contributed by atoms with Gasteiger partial charge in [0.15, 0.2) is 0 Å². The van der Waals surface area contributed by atoms with Crippen molar-refractivity contribution in [3.05, 3.63) is 40.5 Å². The van der Waals surface area contributed by atoms with Gasteiger partial charge in [0.2, 0.25) is 0 Å². The summed E-state index contributed by atoms with van der Waals surface area (Å²) in [5, 5.41) is 1.97. The van der Waals surface area contributed by atoms with E-state index < -0.39 is 0 Å². The Bertz CT molecular complexity index is 842. The Morgan fingerprint density at radius 3 is 2.70 bits per heavy atom. The van der Waals surface area contributed by atoms with Crippen LogP contribution in [0.15, 0.2) is 29.6 Å². The van der Waals surface area contributed by atoms with Crippen LogP contribution < -0.4 is 0 Å². The first kappa shape index (κ1) is 16.4. The zero-order valence-electron chi connectivity index (χ0n) is 13.5. The molecule has 0 aliphatic heterocycles. The summed E-state index contributed by atoms with van der Waals surface area (Å²) in [5.74, 6) is 0.426. The first-order valence-electron chi connectivity index (χ1n) is 7.68. The highest BCUT2D eigenvalue weighted by Crippen LogP contribution is 2.42. The number of rotatable bonds is 5. The second kappa shape index (κ2) is 6.97. The fraction of sp³-hybridized carbons (Fsp3) is 0.333. The number of halogens is 1. The van der Waals surface area contributed by atoms with Crippen molar-refractivity contribution in [2.45, 2.75) is 32.2 Å². The van der Waals surface area contributed by atoms with Crippen molar-refractivity contribution in [1.82, 2.24) is 9.97 Å². The van der Waals surface area contributed by atoms with Gasteiger partial charge in [-0.3, -0.25) is 4.39 Å². The van der Waals surface area contributed by atoms with Gasteiger partial charge in [0.25, 0.3) is 0 Å². The summed E-state index contributed by atoms with van der Waals surface area (Å²) in [6.07, 6.45) is 2.54. The topological polar surface area (TPSA) is 25.8 Å². The van der Waals surface area contributed by atoms with Crippen molar-refractivity contribution >= 4 is 33.3 Å². The van der Waals surface area contributed by atoms with Gasteiger partial charge in [-0.2, -0.15) is 0 Å². The molecule has 0 aliphatic carbocycles. The van der Waals surface area contributed by atoms with E-state index in [2.05, 4.69) is 48.9 Å². The van der Waals surface area contributed by atoms with E-state index in [0.29, 0.717) is 5.75 Å². The summed E-state index contributed by atoms with van der Waals surface area (Å²) in [6.45, 7) is 6.07. The maximum absolute atomic E-state index is 12.6. The number of fused-ring (bicyclic) bond motifs is 1. The van der Waals surface area contributed by atoms with Crippen LogP contribution in [0.1, 0.15) is 22.9 Å². The monoisotopic (exact) mass is 346 g/mol. The minimum Gasteiger partial charge on any atom is -0.250 e. The number of hydrogen-bond acceptors (Lipinski definition) is 4.